The van der Waals surface area contributed by atoms with Crippen LogP contribution in [-0.4, -0.2) is 25.3 Å². The van der Waals surface area contributed by atoms with Gasteiger partial charge in [-0.3, -0.25) is 0 Å². The third-order valence-electron chi connectivity index (χ3n) is 3.79. The summed E-state index contributed by atoms with van der Waals surface area (Å²) < 4.78 is 29.4. The molecule has 2 heterocycles. The van der Waals surface area contributed by atoms with Gasteiger partial charge in [-0.25, -0.2) is 23.7 Å². The number of anilines is 1. The summed E-state index contributed by atoms with van der Waals surface area (Å²) in [6.07, 6.45) is 2.51. The number of imidazole rings is 1. The molecule has 0 aliphatic heterocycles. The van der Waals surface area contributed by atoms with Crippen molar-refractivity contribution >= 4 is 28.7 Å². The Hall–Kier alpha value is -2.22. The molecule has 0 fully saturated rings. The van der Waals surface area contributed by atoms with Gasteiger partial charge >= 0.3 is 0 Å². The van der Waals surface area contributed by atoms with Gasteiger partial charge in [-0.05, 0) is 24.5 Å². The Morgan fingerprint density at radius 3 is 2.60 bits per heavy atom. The van der Waals surface area contributed by atoms with E-state index in [-0.39, 0.29) is 17.9 Å². The molecule has 2 aromatic heterocycles. The molecule has 3 rings (SSSR count). The first-order valence-electron chi connectivity index (χ1n) is 7.99. The molecular formula is C17H19F2N5S. The van der Waals surface area contributed by atoms with E-state index in [2.05, 4.69) is 28.8 Å². The van der Waals surface area contributed by atoms with Gasteiger partial charge in [0.15, 0.2) is 16.6 Å². The Bertz CT molecular complexity index is 874. The van der Waals surface area contributed by atoms with Gasteiger partial charge in [-0.2, -0.15) is 0 Å². The number of nitrogen functional groups attached to an aromatic ring is 1. The quantitative estimate of drug-likeness (QED) is 0.532. The highest BCUT2D eigenvalue weighted by Gasteiger charge is 2.15. The van der Waals surface area contributed by atoms with Crippen LogP contribution in [0, 0.1) is 17.6 Å². The fourth-order valence-electron chi connectivity index (χ4n) is 2.37. The van der Waals surface area contributed by atoms with Crippen LogP contribution in [0.5, 0.6) is 0 Å². The van der Waals surface area contributed by atoms with Gasteiger partial charge < -0.3 is 10.3 Å². The van der Waals surface area contributed by atoms with Gasteiger partial charge in [0.25, 0.3) is 0 Å². The largest absolute Gasteiger partial charge is 0.382 e. The smallest absolute Gasteiger partial charge is 0.191 e. The Balaban J connectivity index is 1.92. The Labute approximate surface area is 148 Å². The zero-order valence-corrected chi connectivity index (χ0v) is 14.9. The summed E-state index contributed by atoms with van der Waals surface area (Å²) in [5.41, 5.74) is 6.84. The first-order valence-corrected chi connectivity index (χ1v) is 8.98. The van der Waals surface area contributed by atoms with E-state index in [9.17, 15) is 8.78 Å². The summed E-state index contributed by atoms with van der Waals surface area (Å²) in [4.78, 5) is 12.9. The minimum atomic E-state index is -0.601. The minimum absolute atomic E-state index is 0.0123. The highest BCUT2D eigenvalue weighted by atomic mass is 32.2. The van der Waals surface area contributed by atoms with E-state index in [1.165, 1.54) is 36.3 Å². The van der Waals surface area contributed by atoms with Crippen molar-refractivity contribution in [3.05, 3.63) is 41.7 Å². The highest BCUT2D eigenvalue weighted by Crippen LogP contribution is 2.24. The number of halogens is 2. The van der Waals surface area contributed by atoms with Crippen molar-refractivity contribution < 1.29 is 8.78 Å². The maximum Gasteiger partial charge on any atom is 0.191 e. The predicted molar refractivity (Wildman–Crippen MR) is 95.4 cm³/mol. The van der Waals surface area contributed by atoms with Crippen molar-refractivity contribution in [2.75, 3.05) is 11.5 Å². The number of benzene rings is 1. The van der Waals surface area contributed by atoms with Gasteiger partial charge in [0.05, 0.1) is 12.9 Å². The van der Waals surface area contributed by atoms with E-state index in [1.54, 1.807) is 4.57 Å². The van der Waals surface area contributed by atoms with Crippen molar-refractivity contribution in [3.63, 3.8) is 0 Å². The van der Waals surface area contributed by atoms with Crippen molar-refractivity contribution in [3.8, 4) is 0 Å². The maximum atomic E-state index is 13.9. The molecule has 3 aromatic rings. The molecular weight excluding hydrogens is 344 g/mol. The lowest BCUT2D eigenvalue weighted by molar-refractivity contribution is 0.546. The SMILES string of the molecule is CC(C)CCSc1nc(N)c2ncn(Cc3c(F)cccc3F)c2n1. The maximum absolute atomic E-state index is 13.9. The molecule has 8 heteroatoms. The molecule has 25 heavy (non-hydrogen) atoms. The zero-order valence-electron chi connectivity index (χ0n) is 14.0. The van der Waals surface area contributed by atoms with Gasteiger partial charge in [-0.15, -0.1) is 0 Å². The second-order valence-electron chi connectivity index (χ2n) is 6.17. The van der Waals surface area contributed by atoms with E-state index in [0.717, 1.165) is 12.2 Å². The molecule has 0 saturated heterocycles. The lowest BCUT2D eigenvalue weighted by atomic mass is 10.2. The molecule has 0 aliphatic rings. The van der Waals surface area contributed by atoms with E-state index >= 15 is 0 Å². The van der Waals surface area contributed by atoms with Gasteiger partial charge in [-0.1, -0.05) is 31.7 Å². The number of rotatable bonds is 6. The Morgan fingerprint density at radius 2 is 1.92 bits per heavy atom. The fourth-order valence-corrected chi connectivity index (χ4v) is 3.45. The number of fused-ring (bicyclic) bond motifs is 1. The monoisotopic (exact) mass is 363 g/mol. The van der Waals surface area contributed by atoms with Crippen LogP contribution in [0.4, 0.5) is 14.6 Å². The molecule has 0 atom stereocenters. The van der Waals surface area contributed by atoms with Crippen LogP contribution in [-0.2, 0) is 6.54 Å². The summed E-state index contributed by atoms with van der Waals surface area (Å²) in [6.45, 7) is 4.29. The topological polar surface area (TPSA) is 69.6 Å². The molecule has 2 N–H and O–H groups in total. The Morgan fingerprint density at radius 1 is 1.20 bits per heavy atom. The van der Waals surface area contributed by atoms with Crippen LogP contribution >= 0.6 is 11.8 Å². The molecule has 0 spiro atoms. The van der Waals surface area contributed by atoms with Crippen LogP contribution in [0.1, 0.15) is 25.8 Å². The van der Waals surface area contributed by atoms with Gasteiger partial charge in [0.2, 0.25) is 0 Å². The number of nitrogens with two attached hydrogens (primary N) is 1. The summed E-state index contributed by atoms with van der Waals surface area (Å²) in [5.74, 6) is 0.525. The van der Waals surface area contributed by atoms with E-state index < -0.39 is 11.6 Å². The molecule has 0 radical (unpaired) electrons. The molecule has 132 valence electrons. The average molecular weight is 363 g/mol. The van der Waals surface area contributed by atoms with Crippen LogP contribution in [0.3, 0.4) is 0 Å². The molecule has 0 saturated carbocycles. The molecule has 0 amide bonds. The van der Waals surface area contributed by atoms with Crippen molar-refractivity contribution in [1.29, 1.82) is 0 Å². The molecule has 5 nitrogen and oxygen atoms in total. The van der Waals surface area contributed by atoms with E-state index in [0.29, 0.717) is 22.2 Å². The molecule has 0 aliphatic carbocycles. The average Bonchev–Trinajstić information content (AvgIpc) is 2.94. The number of thioether (sulfide) groups is 1. The van der Waals surface area contributed by atoms with Crippen molar-refractivity contribution in [2.45, 2.75) is 32.0 Å². The van der Waals surface area contributed by atoms with Crippen LogP contribution < -0.4 is 5.73 Å². The summed E-state index contributed by atoms with van der Waals surface area (Å²) in [5, 5.41) is 0.543. The van der Waals surface area contributed by atoms with Crippen LogP contribution in [0.15, 0.2) is 29.7 Å². The van der Waals surface area contributed by atoms with Crippen molar-refractivity contribution in [1.82, 2.24) is 19.5 Å². The van der Waals surface area contributed by atoms with Crippen LogP contribution in [0.2, 0.25) is 0 Å². The lowest BCUT2D eigenvalue weighted by Gasteiger charge is -2.08. The van der Waals surface area contributed by atoms with E-state index in [1.807, 2.05) is 0 Å². The predicted octanol–water partition coefficient (Wildman–Crippen LogP) is 3.87. The summed E-state index contributed by atoms with van der Waals surface area (Å²) in [6, 6.07) is 3.80. The molecule has 0 bridgehead atoms. The van der Waals surface area contributed by atoms with E-state index in [4.69, 9.17) is 5.73 Å². The number of hydrogen-bond donors (Lipinski definition) is 1. The molecule has 0 unspecified atom stereocenters. The number of hydrogen-bond acceptors (Lipinski definition) is 5. The number of aromatic nitrogens is 4. The van der Waals surface area contributed by atoms with Gasteiger partial charge in [0, 0.05) is 11.3 Å². The first kappa shape index (κ1) is 17.6. The van der Waals surface area contributed by atoms with Crippen LogP contribution in [0.25, 0.3) is 11.2 Å². The first-order chi connectivity index (χ1) is 12.0. The minimum Gasteiger partial charge on any atom is -0.382 e. The third kappa shape index (κ3) is 3.89. The molecule has 1 aromatic carbocycles. The second kappa shape index (κ2) is 7.35. The second-order valence-corrected chi connectivity index (χ2v) is 7.23. The highest BCUT2D eigenvalue weighted by molar-refractivity contribution is 7.99. The normalized spacial score (nSPS) is 11.6. The summed E-state index contributed by atoms with van der Waals surface area (Å²) in [7, 11) is 0. The fraction of sp³-hybridized carbons (Fsp3) is 0.353. The lowest BCUT2D eigenvalue weighted by Crippen LogP contribution is -2.06. The standard InChI is InChI=1S/C17H19F2N5S/c1-10(2)6-7-25-17-22-15(20)14-16(23-17)24(9-21-14)8-11-12(18)4-3-5-13(11)19/h3-5,9-10H,6-8H2,1-2H3,(H2,20,22,23). The van der Waals surface area contributed by atoms with Crippen molar-refractivity contribution in [2.24, 2.45) is 5.92 Å². The third-order valence-corrected chi connectivity index (χ3v) is 4.67. The summed E-state index contributed by atoms with van der Waals surface area (Å²) >= 11 is 1.51. The number of nitrogens with zero attached hydrogens (tertiary/aromatic N) is 4. The Kier molecular flexibility index (Phi) is 5.17. The van der Waals surface area contributed by atoms with Gasteiger partial charge in [0.1, 0.15) is 17.2 Å². The zero-order chi connectivity index (χ0) is 18.0.